The molecule has 0 amide bonds. The van der Waals surface area contributed by atoms with Crippen LogP contribution in [0.4, 0.5) is 11.4 Å². The van der Waals surface area contributed by atoms with Gasteiger partial charge in [-0.3, -0.25) is 4.31 Å². The van der Waals surface area contributed by atoms with Crippen LogP contribution < -0.4 is 4.31 Å². The molecule has 3 heteroatoms. The van der Waals surface area contributed by atoms with Crippen molar-refractivity contribution < 1.29 is 4.55 Å². The lowest BCUT2D eigenvalue weighted by molar-refractivity contribution is 0.664. The summed E-state index contributed by atoms with van der Waals surface area (Å²) in [6, 6.07) is 19.5. The van der Waals surface area contributed by atoms with Gasteiger partial charge in [-0.25, -0.2) is 0 Å². The smallest absolute Gasteiger partial charge is 0.116 e. The van der Waals surface area contributed by atoms with E-state index in [2.05, 4.69) is 0 Å². The molecular formula is C12H11NOS. The van der Waals surface area contributed by atoms with E-state index in [1.165, 1.54) is 0 Å². The molecule has 2 aromatic rings. The van der Waals surface area contributed by atoms with E-state index in [1.54, 1.807) is 4.31 Å². The van der Waals surface area contributed by atoms with Gasteiger partial charge in [-0.2, -0.15) is 0 Å². The first kappa shape index (κ1) is 10.1. The summed E-state index contributed by atoms with van der Waals surface area (Å²) in [5.74, 6) is 0. The van der Waals surface area contributed by atoms with Gasteiger partial charge in [0.2, 0.25) is 0 Å². The SMILES string of the molecule is OSN(c1ccccc1)c1ccccc1. The van der Waals surface area contributed by atoms with E-state index < -0.39 is 0 Å². The number of hydrogen-bond acceptors (Lipinski definition) is 3. The number of hydrogen-bond donors (Lipinski definition) is 1. The van der Waals surface area contributed by atoms with Crippen LogP contribution in [0.3, 0.4) is 0 Å². The van der Waals surface area contributed by atoms with Crippen molar-refractivity contribution in [3.8, 4) is 0 Å². The summed E-state index contributed by atoms with van der Waals surface area (Å²) in [5, 5.41) is 0. The molecule has 76 valence electrons. The normalized spacial score (nSPS) is 9.93. The summed E-state index contributed by atoms with van der Waals surface area (Å²) in [6.45, 7) is 0. The average molecular weight is 217 g/mol. The first-order chi connectivity index (χ1) is 7.42. The third kappa shape index (κ3) is 2.32. The molecule has 0 aliphatic heterocycles. The molecule has 0 aromatic heterocycles. The fourth-order valence-corrected chi connectivity index (χ4v) is 1.80. The number of anilines is 2. The predicted molar refractivity (Wildman–Crippen MR) is 65.2 cm³/mol. The van der Waals surface area contributed by atoms with Gasteiger partial charge >= 0.3 is 0 Å². The van der Waals surface area contributed by atoms with Crippen LogP contribution in [0.5, 0.6) is 0 Å². The Bertz CT molecular complexity index is 365. The molecule has 0 spiro atoms. The van der Waals surface area contributed by atoms with E-state index in [0.29, 0.717) is 12.2 Å². The second-order valence-corrected chi connectivity index (χ2v) is 3.58. The van der Waals surface area contributed by atoms with Gasteiger partial charge in [-0.15, -0.1) is 0 Å². The van der Waals surface area contributed by atoms with Crippen molar-refractivity contribution in [3.63, 3.8) is 0 Å². The van der Waals surface area contributed by atoms with Crippen LogP contribution in [0, 0.1) is 0 Å². The summed E-state index contributed by atoms with van der Waals surface area (Å²) in [5.41, 5.74) is 1.91. The summed E-state index contributed by atoms with van der Waals surface area (Å²) in [7, 11) is 0. The van der Waals surface area contributed by atoms with Crippen molar-refractivity contribution in [2.45, 2.75) is 0 Å². The Morgan fingerprint density at radius 1 is 0.733 bits per heavy atom. The molecular weight excluding hydrogens is 206 g/mol. The second-order valence-electron chi connectivity index (χ2n) is 3.05. The highest BCUT2D eigenvalue weighted by Gasteiger charge is 2.07. The Morgan fingerprint density at radius 3 is 1.47 bits per heavy atom. The molecule has 0 radical (unpaired) electrons. The summed E-state index contributed by atoms with van der Waals surface area (Å²) in [4.78, 5) is 0. The highest BCUT2D eigenvalue weighted by molar-refractivity contribution is 7.95. The van der Waals surface area contributed by atoms with Gasteiger partial charge in [-0.05, 0) is 24.3 Å². The van der Waals surface area contributed by atoms with Gasteiger partial charge in [0.05, 0.1) is 11.4 Å². The fraction of sp³-hybridized carbons (Fsp3) is 0. The minimum atomic E-state index is 0.709. The Morgan fingerprint density at radius 2 is 1.13 bits per heavy atom. The third-order valence-corrected chi connectivity index (χ3v) is 2.65. The van der Waals surface area contributed by atoms with Crippen molar-refractivity contribution >= 4 is 23.6 Å². The molecule has 0 aliphatic carbocycles. The van der Waals surface area contributed by atoms with E-state index in [0.717, 1.165) is 11.4 Å². The number of nitrogens with zero attached hydrogens (tertiary/aromatic N) is 1. The van der Waals surface area contributed by atoms with Crippen molar-refractivity contribution in [2.24, 2.45) is 0 Å². The molecule has 0 bridgehead atoms. The van der Waals surface area contributed by atoms with Gasteiger partial charge in [0, 0.05) is 0 Å². The quantitative estimate of drug-likeness (QED) is 0.622. The topological polar surface area (TPSA) is 23.5 Å². The molecule has 2 nitrogen and oxygen atoms in total. The second kappa shape index (κ2) is 4.87. The first-order valence-electron chi connectivity index (χ1n) is 4.63. The van der Waals surface area contributed by atoms with Crippen LogP contribution >= 0.6 is 12.2 Å². The maximum absolute atomic E-state index is 9.28. The standard InChI is InChI=1S/C12H11NOS/c14-15-13(11-7-3-1-4-8-11)12-9-5-2-6-10-12/h1-10,14H. The highest BCUT2D eigenvalue weighted by Crippen LogP contribution is 2.30. The van der Waals surface area contributed by atoms with Crippen LogP contribution in [-0.2, 0) is 0 Å². The minimum absolute atomic E-state index is 0.709. The summed E-state index contributed by atoms with van der Waals surface area (Å²) in [6.07, 6.45) is 0. The molecule has 0 heterocycles. The van der Waals surface area contributed by atoms with Gasteiger partial charge in [0.25, 0.3) is 0 Å². The average Bonchev–Trinajstić information content (AvgIpc) is 2.33. The van der Waals surface area contributed by atoms with Gasteiger partial charge in [0.15, 0.2) is 0 Å². The molecule has 15 heavy (non-hydrogen) atoms. The summed E-state index contributed by atoms with van der Waals surface area (Å²) >= 11 is 0.709. The zero-order chi connectivity index (χ0) is 10.5. The van der Waals surface area contributed by atoms with Crippen LogP contribution in [-0.4, -0.2) is 4.55 Å². The fourth-order valence-electron chi connectivity index (χ4n) is 1.37. The Kier molecular flexibility index (Phi) is 3.27. The number of benzene rings is 2. The van der Waals surface area contributed by atoms with Crippen LogP contribution in [0.2, 0.25) is 0 Å². The molecule has 0 aliphatic rings. The molecule has 0 atom stereocenters. The highest BCUT2D eigenvalue weighted by atomic mass is 32.2. The Labute approximate surface area is 93.5 Å². The lowest BCUT2D eigenvalue weighted by atomic mass is 10.3. The molecule has 0 saturated heterocycles. The van der Waals surface area contributed by atoms with Crippen molar-refractivity contribution in [1.82, 2.24) is 0 Å². The van der Waals surface area contributed by atoms with Crippen molar-refractivity contribution in [3.05, 3.63) is 60.7 Å². The van der Waals surface area contributed by atoms with E-state index in [-0.39, 0.29) is 0 Å². The van der Waals surface area contributed by atoms with Crippen LogP contribution in [0.15, 0.2) is 60.7 Å². The maximum atomic E-state index is 9.28. The van der Waals surface area contributed by atoms with Crippen molar-refractivity contribution in [1.29, 1.82) is 0 Å². The minimum Gasteiger partial charge on any atom is -0.312 e. The zero-order valence-corrected chi connectivity index (χ0v) is 8.89. The molecule has 0 saturated carbocycles. The molecule has 0 unspecified atom stereocenters. The van der Waals surface area contributed by atoms with Crippen LogP contribution in [0.25, 0.3) is 0 Å². The maximum Gasteiger partial charge on any atom is 0.116 e. The molecule has 1 N–H and O–H groups in total. The van der Waals surface area contributed by atoms with E-state index in [9.17, 15) is 4.55 Å². The monoisotopic (exact) mass is 217 g/mol. The third-order valence-electron chi connectivity index (χ3n) is 2.06. The first-order valence-corrected chi connectivity index (χ1v) is 5.36. The largest absolute Gasteiger partial charge is 0.312 e. The van der Waals surface area contributed by atoms with E-state index in [1.807, 2.05) is 60.7 Å². The molecule has 2 aromatic carbocycles. The summed E-state index contributed by atoms with van der Waals surface area (Å²) < 4.78 is 11.0. The van der Waals surface area contributed by atoms with Crippen molar-refractivity contribution in [2.75, 3.05) is 4.31 Å². The number of para-hydroxylation sites is 2. The van der Waals surface area contributed by atoms with Crippen LogP contribution in [0.1, 0.15) is 0 Å². The Balaban J connectivity index is 2.34. The van der Waals surface area contributed by atoms with Gasteiger partial charge in [-0.1, -0.05) is 36.4 Å². The van der Waals surface area contributed by atoms with Gasteiger partial charge in [0.1, 0.15) is 12.2 Å². The lowest BCUT2D eigenvalue weighted by Crippen LogP contribution is -2.05. The Hall–Kier alpha value is -1.45. The molecule has 2 rings (SSSR count). The van der Waals surface area contributed by atoms with E-state index in [4.69, 9.17) is 0 Å². The van der Waals surface area contributed by atoms with Gasteiger partial charge < -0.3 is 4.55 Å². The number of rotatable bonds is 3. The zero-order valence-electron chi connectivity index (χ0n) is 8.08. The molecule has 0 fully saturated rings. The predicted octanol–water partition coefficient (Wildman–Crippen LogP) is 3.95. The van der Waals surface area contributed by atoms with E-state index >= 15 is 0 Å². The lowest BCUT2D eigenvalue weighted by Gasteiger charge is -2.19.